The number of anilines is 1. The van der Waals surface area contributed by atoms with E-state index in [2.05, 4.69) is 10.6 Å². The monoisotopic (exact) mass is 383 g/mol. The third kappa shape index (κ3) is 4.47. The first kappa shape index (κ1) is 18.9. The molecule has 138 valence electrons. The summed E-state index contributed by atoms with van der Waals surface area (Å²) in [6.07, 6.45) is 0.279. The molecule has 1 aliphatic heterocycles. The lowest BCUT2D eigenvalue weighted by Crippen LogP contribution is -2.52. The van der Waals surface area contributed by atoms with E-state index < -0.39 is 11.3 Å². The average molecular weight is 383 g/mol. The Labute approximate surface area is 161 Å². The molecule has 3 rings (SSSR count). The lowest BCUT2D eigenvalue weighted by molar-refractivity contribution is -0.126. The van der Waals surface area contributed by atoms with E-state index in [4.69, 9.17) is 5.26 Å². The number of amides is 2. The number of thioether (sulfide) groups is 1. The van der Waals surface area contributed by atoms with E-state index in [0.29, 0.717) is 22.6 Å². The molecule has 0 aliphatic carbocycles. The summed E-state index contributed by atoms with van der Waals surface area (Å²) in [5.74, 6) is -0.553. The normalized spacial score (nSPS) is 19.1. The maximum atomic E-state index is 13.8. The van der Waals surface area contributed by atoms with Gasteiger partial charge in [-0.25, -0.2) is 4.39 Å². The standard InChI is InChI=1S/C20H18FN3O2S/c1-12-6-7-13(10-22)8-16(12)23-19(25)17-11-27-18(20(26)24-17)9-14-4-2-3-5-15(14)21/h2-8,17-18H,9,11H2,1H3,(H,23,25)(H,24,26)/t17-,18+/m1/s1. The van der Waals surface area contributed by atoms with Crippen molar-refractivity contribution >= 4 is 29.3 Å². The fourth-order valence-corrected chi connectivity index (χ4v) is 3.97. The van der Waals surface area contributed by atoms with Gasteiger partial charge < -0.3 is 10.6 Å². The Morgan fingerprint density at radius 2 is 2.15 bits per heavy atom. The molecule has 2 amide bonds. The van der Waals surface area contributed by atoms with Gasteiger partial charge in [-0.1, -0.05) is 24.3 Å². The van der Waals surface area contributed by atoms with Crippen LogP contribution >= 0.6 is 11.8 Å². The highest BCUT2D eigenvalue weighted by Crippen LogP contribution is 2.24. The quantitative estimate of drug-likeness (QED) is 0.851. The molecule has 0 unspecified atom stereocenters. The number of carbonyl (C=O) groups is 2. The largest absolute Gasteiger partial charge is 0.343 e. The van der Waals surface area contributed by atoms with E-state index in [9.17, 15) is 14.0 Å². The molecular formula is C20H18FN3O2S. The van der Waals surface area contributed by atoms with Gasteiger partial charge in [0.2, 0.25) is 11.8 Å². The Hall–Kier alpha value is -2.85. The van der Waals surface area contributed by atoms with Gasteiger partial charge >= 0.3 is 0 Å². The zero-order valence-electron chi connectivity index (χ0n) is 14.7. The van der Waals surface area contributed by atoms with Crippen molar-refractivity contribution in [2.75, 3.05) is 11.1 Å². The summed E-state index contributed by atoms with van der Waals surface area (Å²) in [5, 5.41) is 14.0. The van der Waals surface area contributed by atoms with Crippen LogP contribution in [0.3, 0.4) is 0 Å². The van der Waals surface area contributed by atoms with E-state index >= 15 is 0 Å². The zero-order chi connectivity index (χ0) is 19.4. The lowest BCUT2D eigenvalue weighted by atomic mass is 10.1. The minimum Gasteiger partial charge on any atom is -0.343 e. The highest BCUT2D eigenvalue weighted by atomic mass is 32.2. The average Bonchev–Trinajstić information content (AvgIpc) is 2.66. The molecule has 1 aliphatic rings. The number of hydrogen-bond acceptors (Lipinski definition) is 4. The van der Waals surface area contributed by atoms with Crippen LogP contribution in [0.25, 0.3) is 0 Å². The lowest BCUT2D eigenvalue weighted by Gasteiger charge is -2.28. The van der Waals surface area contributed by atoms with Crippen LogP contribution in [-0.2, 0) is 16.0 Å². The topological polar surface area (TPSA) is 82.0 Å². The predicted octanol–water partition coefficient (Wildman–Crippen LogP) is 2.79. The van der Waals surface area contributed by atoms with Crippen LogP contribution in [0.4, 0.5) is 10.1 Å². The second-order valence-corrected chi connectivity index (χ2v) is 7.55. The van der Waals surface area contributed by atoms with Gasteiger partial charge in [0.1, 0.15) is 11.9 Å². The van der Waals surface area contributed by atoms with E-state index in [1.165, 1.54) is 17.8 Å². The number of nitrogens with one attached hydrogen (secondary N) is 2. The van der Waals surface area contributed by atoms with Crippen LogP contribution in [0, 0.1) is 24.1 Å². The van der Waals surface area contributed by atoms with Gasteiger partial charge in [-0.3, -0.25) is 9.59 Å². The van der Waals surface area contributed by atoms with Crippen molar-refractivity contribution in [3.8, 4) is 6.07 Å². The molecule has 2 atom stereocenters. The highest BCUT2D eigenvalue weighted by molar-refractivity contribution is 8.00. The minimum atomic E-state index is -0.676. The molecule has 2 aromatic rings. The molecule has 7 heteroatoms. The Kier molecular flexibility index (Phi) is 5.77. The number of halogens is 1. The maximum absolute atomic E-state index is 13.8. The molecule has 0 radical (unpaired) electrons. The Balaban J connectivity index is 1.62. The van der Waals surface area contributed by atoms with Crippen molar-refractivity contribution < 1.29 is 14.0 Å². The van der Waals surface area contributed by atoms with E-state index in [1.807, 2.05) is 13.0 Å². The number of carbonyl (C=O) groups excluding carboxylic acids is 2. The SMILES string of the molecule is Cc1ccc(C#N)cc1NC(=O)[C@H]1CS[C@@H](Cc2ccccc2F)C(=O)N1. The molecule has 1 saturated heterocycles. The molecule has 27 heavy (non-hydrogen) atoms. The van der Waals surface area contributed by atoms with Gasteiger partial charge in [0.15, 0.2) is 0 Å². The molecule has 1 heterocycles. The number of nitriles is 1. The van der Waals surface area contributed by atoms with Crippen LogP contribution in [0.15, 0.2) is 42.5 Å². The zero-order valence-corrected chi connectivity index (χ0v) is 15.5. The summed E-state index contributed by atoms with van der Waals surface area (Å²) in [4.78, 5) is 24.9. The summed E-state index contributed by atoms with van der Waals surface area (Å²) < 4.78 is 13.8. The first-order valence-corrected chi connectivity index (χ1v) is 9.50. The van der Waals surface area contributed by atoms with E-state index in [0.717, 1.165) is 5.56 Å². The van der Waals surface area contributed by atoms with Crippen molar-refractivity contribution in [1.82, 2.24) is 5.32 Å². The number of hydrogen-bond donors (Lipinski definition) is 2. The smallest absolute Gasteiger partial charge is 0.247 e. The van der Waals surface area contributed by atoms with E-state index in [-0.39, 0.29) is 24.1 Å². The van der Waals surface area contributed by atoms with Gasteiger partial charge in [-0.05, 0) is 42.7 Å². The van der Waals surface area contributed by atoms with Crippen LogP contribution in [0.1, 0.15) is 16.7 Å². The minimum absolute atomic E-state index is 0.279. The second kappa shape index (κ2) is 8.23. The third-order valence-electron chi connectivity index (χ3n) is 4.38. The fraction of sp³-hybridized carbons (Fsp3) is 0.250. The number of nitrogens with zero attached hydrogens (tertiary/aromatic N) is 1. The van der Waals surface area contributed by atoms with Crippen molar-refractivity contribution in [3.63, 3.8) is 0 Å². The van der Waals surface area contributed by atoms with E-state index in [1.54, 1.807) is 36.4 Å². The fourth-order valence-electron chi connectivity index (χ4n) is 2.80. The molecule has 0 aromatic heterocycles. The summed E-state index contributed by atoms with van der Waals surface area (Å²) in [6.45, 7) is 1.83. The van der Waals surface area contributed by atoms with Gasteiger partial charge in [-0.2, -0.15) is 5.26 Å². The molecule has 2 N–H and O–H groups in total. The van der Waals surface area contributed by atoms with Crippen LogP contribution in [-0.4, -0.2) is 28.9 Å². The van der Waals surface area contributed by atoms with Crippen LogP contribution < -0.4 is 10.6 Å². The van der Waals surface area contributed by atoms with Crippen molar-refractivity contribution in [1.29, 1.82) is 5.26 Å². The molecule has 0 spiro atoms. The molecule has 2 aromatic carbocycles. The number of aryl methyl sites for hydroxylation is 1. The Morgan fingerprint density at radius 1 is 1.37 bits per heavy atom. The molecular weight excluding hydrogens is 365 g/mol. The van der Waals surface area contributed by atoms with Gasteiger partial charge in [0.25, 0.3) is 0 Å². The molecule has 0 saturated carbocycles. The van der Waals surface area contributed by atoms with Crippen molar-refractivity contribution in [2.45, 2.75) is 24.6 Å². The number of benzene rings is 2. The maximum Gasteiger partial charge on any atom is 0.247 e. The van der Waals surface area contributed by atoms with Crippen LogP contribution in [0.5, 0.6) is 0 Å². The summed E-state index contributed by atoms with van der Waals surface area (Å²) in [5.41, 5.74) is 2.31. The highest BCUT2D eigenvalue weighted by Gasteiger charge is 2.33. The second-order valence-electron chi connectivity index (χ2n) is 6.31. The molecule has 1 fully saturated rings. The first-order chi connectivity index (χ1) is 13.0. The Morgan fingerprint density at radius 3 is 2.85 bits per heavy atom. The van der Waals surface area contributed by atoms with Crippen molar-refractivity contribution in [3.05, 3.63) is 65.0 Å². The molecule has 0 bridgehead atoms. The third-order valence-corrected chi connectivity index (χ3v) is 5.69. The number of rotatable bonds is 4. The van der Waals surface area contributed by atoms with Gasteiger partial charge in [0.05, 0.1) is 16.9 Å². The molecule has 5 nitrogen and oxygen atoms in total. The van der Waals surface area contributed by atoms with Gasteiger partial charge in [0, 0.05) is 11.4 Å². The van der Waals surface area contributed by atoms with Crippen LogP contribution in [0.2, 0.25) is 0 Å². The predicted molar refractivity (Wildman–Crippen MR) is 103 cm³/mol. The summed E-state index contributed by atoms with van der Waals surface area (Å²) in [7, 11) is 0. The Bertz CT molecular complexity index is 926. The summed E-state index contributed by atoms with van der Waals surface area (Å²) >= 11 is 1.34. The first-order valence-electron chi connectivity index (χ1n) is 8.45. The summed E-state index contributed by atoms with van der Waals surface area (Å²) in [6, 6.07) is 12.8. The van der Waals surface area contributed by atoms with Gasteiger partial charge in [-0.15, -0.1) is 11.8 Å². The van der Waals surface area contributed by atoms with Crippen molar-refractivity contribution in [2.24, 2.45) is 0 Å².